The number of aromatic hydroxyl groups is 1. The molecule has 1 amide bonds. The molecule has 0 aromatic heterocycles. The number of amides is 1. The Kier molecular flexibility index (Phi) is 7.71. The van der Waals surface area contributed by atoms with Crippen LogP contribution in [0, 0.1) is 11.8 Å². The number of fused-ring (bicyclic) bond motifs is 3. The second kappa shape index (κ2) is 10.7. The summed E-state index contributed by atoms with van der Waals surface area (Å²) in [6.07, 6.45) is -0.199. The van der Waals surface area contributed by atoms with Crippen molar-refractivity contribution in [3.63, 3.8) is 0 Å². The van der Waals surface area contributed by atoms with Crippen LogP contribution in [-0.4, -0.2) is 135 Å². The van der Waals surface area contributed by atoms with Crippen LogP contribution in [0.2, 0.25) is 0 Å². The number of β-amino-alcohol motifs (C(OH)–C–C–N with tert-alkyl or cyclic N) is 1. The fourth-order valence-corrected chi connectivity index (χ4v) is 7.07. The summed E-state index contributed by atoms with van der Waals surface area (Å²) in [5.74, 6) is -7.39. The molecule has 0 bridgehead atoms. The predicted molar refractivity (Wildman–Crippen MR) is 150 cm³/mol. The number of aliphatic hydroxyl groups excluding tert-OH is 3. The lowest BCUT2D eigenvalue weighted by Gasteiger charge is -2.53. The van der Waals surface area contributed by atoms with Gasteiger partial charge in [0.2, 0.25) is 5.78 Å². The van der Waals surface area contributed by atoms with Crippen molar-refractivity contribution in [3.05, 3.63) is 46.2 Å². The highest BCUT2D eigenvalue weighted by molar-refractivity contribution is 6.25. The highest BCUT2D eigenvalue weighted by Crippen LogP contribution is 2.57. The van der Waals surface area contributed by atoms with Gasteiger partial charge in [0.15, 0.2) is 11.4 Å². The van der Waals surface area contributed by atoms with Crippen molar-refractivity contribution < 1.29 is 46.4 Å². The van der Waals surface area contributed by atoms with Crippen molar-refractivity contribution in [2.75, 3.05) is 60.1 Å². The Morgan fingerprint density at radius 3 is 2.36 bits per heavy atom. The number of hydrogen-bond donors (Lipinski definition) is 7. The molecule has 1 saturated carbocycles. The number of phenolic OH excluding ortho intramolecular Hbond substituents is 1. The predicted octanol–water partition coefficient (Wildman–Crippen LogP) is -1.06. The Morgan fingerprint density at radius 2 is 1.74 bits per heavy atom. The Labute approximate surface area is 244 Å². The van der Waals surface area contributed by atoms with Crippen LogP contribution in [0.25, 0.3) is 5.76 Å². The van der Waals surface area contributed by atoms with E-state index in [1.165, 1.54) is 30.0 Å². The Hall–Kier alpha value is -3.33. The van der Waals surface area contributed by atoms with E-state index >= 15 is 0 Å². The van der Waals surface area contributed by atoms with Crippen LogP contribution >= 0.6 is 0 Å². The van der Waals surface area contributed by atoms with Gasteiger partial charge in [-0.15, -0.1) is 0 Å². The van der Waals surface area contributed by atoms with Gasteiger partial charge >= 0.3 is 1.43 Å². The number of nitrogens with one attached hydrogen (secondary N) is 1. The van der Waals surface area contributed by atoms with Crippen LogP contribution in [0.3, 0.4) is 0 Å². The molecule has 1 heterocycles. The summed E-state index contributed by atoms with van der Waals surface area (Å²) in [4.78, 5) is 46.7. The summed E-state index contributed by atoms with van der Waals surface area (Å²) >= 11 is 0. The maximum atomic E-state index is 14.1. The van der Waals surface area contributed by atoms with E-state index in [0.29, 0.717) is 32.7 Å². The number of Topliss-reactive ketones (excluding diaryl/α,β-unsaturated/α-hetero) is 2. The minimum Gasteiger partial charge on any atom is -0.508 e. The number of phenols is 1. The van der Waals surface area contributed by atoms with Gasteiger partial charge in [0.25, 0.3) is 5.91 Å². The Balaban J connectivity index is 0.00000423. The van der Waals surface area contributed by atoms with Crippen LogP contribution in [0.4, 0.5) is 0 Å². The molecule has 13 nitrogen and oxygen atoms in total. The van der Waals surface area contributed by atoms with Crippen LogP contribution in [0.15, 0.2) is 35.1 Å². The lowest BCUT2D eigenvalue weighted by Crippen LogP contribution is -2.67. The van der Waals surface area contributed by atoms with E-state index in [2.05, 4.69) is 10.2 Å². The van der Waals surface area contributed by atoms with E-state index in [1.807, 2.05) is 4.90 Å². The van der Waals surface area contributed by atoms with E-state index < -0.39 is 69.2 Å². The van der Waals surface area contributed by atoms with Gasteiger partial charge in [0, 0.05) is 50.1 Å². The molecule has 1 aromatic carbocycles. The fraction of sp³-hybridized carbons (Fsp3) is 0.552. The quantitative estimate of drug-likeness (QED) is 0.200. The molecular weight excluding hydrogens is 548 g/mol. The molecule has 42 heavy (non-hydrogen) atoms. The zero-order valence-electron chi connectivity index (χ0n) is 24.9. The topological polar surface area (TPSA) is 194 Å². The molecule has 13 heteroatoms. The monoisotopic (exact) mass is 587 g/mol. The van der Waals surface area contributed by atoms with E-state index in [9.17, 15) is 39.9 Å². The van der Waals surface area contributed by atoms with Gasteiger partial charge in [-0.2, -0.15) is 0 Å². The van der Waals surface area contributed by atoms with Crippen molar-refractivity contribution in [2.24, 2.45) is 11.8 Å². The molecule has 5 atom stereocenters. The van der Waals surface area contributed by atoms with Crippen LogP contribution in [0.1, 0.15) is 25.9 Å². The minimum absolute atomic E-state index is 0. The maximum absolute atomic E-state index is 14.1. The third kappa shape index (κ3) is 4.43. The summed E-state index contributed by atoms with van der Waals surface area (Å²) in [5, 5.41) is 68.5. The van der Waals surface area contributed by atoms with Gasteiger partial charge in [0.1, 0.15) is 22.8 Å². The molecular formula is C29H39N4O9+. The molecule has 1 saturated heterocycles. The molecule has 0 radical (unpaired) electrons. The number of carbonyl (C=O) groups is 3. The summed E-state index contributed by atoms with van der Waals surface area (Å²) in [6.45, 7) is 4.58. The number of ketones is 2. The van der Waals surface area contributed by atoms with Crippen molar-refractivity contribution in [3.8, 4) is 5.75 Å². The zero-order chi connectivity index (χ0) is 30.7. The standard InChI is InChI=1S/C29H38N4O9/c1-28(41)15-5-4-6-18(35)19(15)23(36)20-16(28)13-17-22(31(2)3)24(37)21(26(39)29(17,42)25(20)38)27(40)30-14-33-9-7-32(8-10-33)11-12-34/h4-6,16-17,22,34-36,39,41-42H,7-14H2,1-3H3,(H,30,40)/p+1/t16-,17-,22-,28+,29-/m0/s1. The van der Waals surface area contributed by atoms with Crippen LogP contribution in [0.5, 0.6) is 5.75 Å². The molecule has 7 N–H and O–H groups in total. The molecule has 0 spiro atoms. The number of piperazine rings is 1. The van der Waals surface area contributed by atoms with Crippen LogP contribution < -0.4 is 5.32 Å². The molecule has 1 aliphatic heterocycles. The number of hydrogen-bond acceptors (Lipinski definition) is 12. The minimum atomic E-state index is -2.76. The average Bonchev–Trinajstić information content (AvgIpc) is 2.93. The molecule has 4 aliphatic rings. The number of nitrogens with zero attached hydrogens (tertiary/aromatic N) is 3. The zero-order valence-corrected chi connectivity index (χ0v) is 23.9. The number of benzene rings is 1. The Morgan fingerprint density at radius 1 is 1.10 bits per heavy atom. The van der Waals surface area contributed by atoms with Crippen molar-refractivity contribution in [2.45, 2.75) is 30.6 Å². The normalized spacial score (nSPS) is 32.1. The average molecular weight is 588 g/mol. The largest absolute Gasteiger partial charge is 1.00 e. The van der Waals surface area contributed by atoms with Gasteiger partial charge in [-0.25, -0.2) is 0 Å². The summed E-state index contributed by atoms with van der Waals surface area (Å²) in [7, 11) is 3.10. The van der Waals surface area contributed by atoms with Crippen LogP contribution in [-0.2, 0) is 20.0 Å². The SMILES string of the molecule is CN(C)[C@@H]1C(=O)C(C(=O)NCN2CCN(CCO)CC2)=C(O)[C@@]2(O)C(=O)C3=C(O)c4c(O)cccc4[C@@](C)(O)[C@H]3C[C@@H]12.[H+]. The molecule has 228 valence electrons. The lowest BCUT2D eigenvalue weighted by molar-refractivity contribution is -0.159. The first-order valence-electron chi connectivity index (χ1n) is 14.0. The first kappa shape index (κ1) is 30.1. The van der Waals surface area contributed by atoms with Gasteiger partial charge in [-0.3, -0.25) is 29.1 Å². The lowest BCUT2D eigenvalue weighted by atomic mass is 9.54. The molecule has 0 unspecified atom stereocenters. The molecule has 2 fully saturated rings. The first-order valence-corrected chi connectivity index (χ1v) is 14.0. The number of rotatable bonds is 6. The second-order valence-electron chi connectivity index (χ2n) is 11.9. The summed E-state index contributed by atoms with van der Waals surface area (Å²) in [6, 6.07) is 3.06. The number of carbonyl (C=O) groups excluding carboxylic acids is 3. The Bertz CT molecular complexity index is 1390. The summed E-state index contributed by atoms with van der Waals surface area (Å²) in [5.41, 5.74) is -5.68. The van der Waals surface area contributed by atoms with Gasteiger partial charge in [-0.05, 0) is 39.1 Å². The fourth-order valence-electron chi connectivity index (χ4n) is 7.07. The molecule has 1 aromatic rings. The molecule has 3 aliphatic carbocycles. The third-order valence-electron chi connectivity index (χ3n) is 9.35. The maximum Gasteiger partial charge on any atom is 1.00 e. The van der Waals surface area contributed by atoms with Crippen molar-refractivity contribution >= 4 is 23.2 Å². The first-order chi connectivity index (χ1) is 19.8. The van der Waals surface area contributed by atoms with Crippen molar-refractivity contribution in [1.82, 2.24) is 20.0 Å². The van der Waals surface area contributed by atoms with Gasteiger partial charge in [-0.1, -0.05) is 12.1 Å². The second-order valence-corrected chi connectivity index (χ2v) is 11.9. The van der Waals surface area contributed by atoms with Gasteiger partial charge < -0.3 is 36.0 Å². The van der Waals surface area contributed by atoms with Crippen molar-refractivity contribution in [1.29, 1.82) is 0 Å². The molecule has 5 rings (SSSR count). The smallest absolute Gasteiger partial charge is 0.508 e. The van der Waals surface area contributed by atoms with Gasteiger partial charge in [0.05, 0.1) is 30.5 Å². The van der Waals surface area contributed by atoms with E-state index in [4.69, 9.17) is 5.11 Å². The van der Waals surface area contributed by atoms with E-state index in [1.54, 1.807) is 14.1 Å². The highest BCUT2D eigenvalue weighted by Gasteiger charge is 2.66. The highest BCUT2D eigenvalue weighted by atomic mass is 16.3. The third-order valence-corrected chi connectivity index (χ3v) is 9.35. The van der Waals surface area contributed by atoms with E-state index in [-0.39, 0.29) is 38.0 Å². The summed E-state index contributed by atoms with van der Waals surface area (Å²) < 4.78 is 0. The number of likely N-dealkylation sites (N-methyl/N-ethyl adjacent to an activating group) is 1. The number of aliphatic hydroxyl groups is 5. The van der Waals surface area contributed by atoms with E-state index in [0.717, 1.165) is 0 Å².